The molecule has 1 aromatic rings. The van der Waals surface area contributed by atoms with Crippen LogP contribution >= 0.6 is 0 Å². The number of hydrazone groups is 1. The normalized spacial score (nSPS) is 17.0. The van der Waals surface area contributed by atoms with Crippen molar-refractivity contribution in [3.05, 3.63) is 30.3 Å². The van der Waals surface area contributed by atoms with Crippen LogP contribution in [0.5, 0.6) is 0 Å². The Morgan fingerprint density at radius 2 is 1.81 bits per heavy atom. The summed E-state index contributed by atoms with van der Waals surface area (Å²) in [6, 6.07) is 9.20. The topological polar surface area (TPSA) is 85.1 Å². The summed E-state index contributed by atoms with van der Waals surface area (Å²) in [4.78, 5) is 0. The van der Waals surface area contributed by atoms with Crippen molar-refractivity contribution in [2.45, 2.75) is 25.2 Å². The average Bonchev–Trinajstić information content (AvgIpc) is 2.29. The monoisotopic (exact) mass is 224 g/mol. The molecule has 5 heteroatoms. The number of anilines is 1. The number of aliphatic hydroxyl groups is 3. The highest BCUT2D eigenvalue weighted by Gasteiger charge is 2.18. The van der Waals surface area contributed by atoms with Gasteiger partial charge < -0.3 is 15.3 Å². The van der Waals surface area contributed by atoms with E-state index in [4.69, 9.17) is 5.11 Å². The Morgan fingerprint density at radius 3 is 2.38 bits per heavy atom. The van der Waals surface area contributed by atoms with Gasteiger partial charge in [-0.2, -0.15) is 5.10 Å². The molecule has 0 saturated heterocycles. The molecule has 0 saturated carbocycles. The van der Waals surface area contributed by atoms with Crippen molar-refractivity contribution < 1.29 is 15.3 Å². The van der Waals surface area contributed by atoms with Crippen molar-refractivity contribution in [1.82, 2.24) is 0 Å². The lowest BCUT2D eigenvalue weighted by molar-refractivity contribution is -0.0240. The molecular formula is C11H16N2O3. The van der Waals surface area contributed by atoms with Gasteiger partial charge in [0.2, 0.25) is 0 Å². The summed E-state index contributed by atoms with van der Waals surface area (Å²) in [7, 11) is 0. The smallest absolute Gasteiger partial charge is 0.119 e. The number of hydrogen-bond donors (Lipinski definition) is 4. The van der Waals surface area contributed by atoms with Gasteiger partial charge in [-0.3, -0.25) is 5.43 Å². The van der Waals surface area contributed by atoms with Gasteiger partial charge in [-0.05, 0) is 19.1 Å². The number of hydrogen-bond acceptors (Lipinski definition) is 5. The van der Waals surface area contributed by atoms with Gasteiger partial charge in [0, 0.05) is 0 Å². The molecule has 1 rings (SSSR count). The minimum Gasteiger partial charge on any atom is -0.391 e. The van der Waals surface area contributed by atoms with Crippen molar-refractivity contribution in [2.24, 2.45) is 5.10 Å². The second-order valence-electron chi connectivity index (χ2n) is 3.48. The van der Waals surface area contributed by atoms with Crippen LogP contribution in [0.1, 0.15) is 6.92 Å². The van der Waals surface area contributed by atoms with Crippen molar-refractivity contribution in [3.8, 4) is 0 Å². The molecule has 0 aliphatic rings. The summed E-state index contributed by atoms with van der Waals surface area (Å²) in [6.45, 7) is 1.40. The summed E-state index contributed by atoms with van der Waals surface area (Å²) in [5.41, 5.74) is 3.46. The molecule has 0 amide bonds. The van der Waals surface area contributed by atoms with Crippen LogP contribution in [0, 0.1) is 0 Å². The lowest BCUT2D eigenvalue weighted by atomic mass is 10.1. The van der Waals surface area contributed by atoms with Crippen molar-refractivity contribution in [1.29, 1.82) is 0 Å². The first kappa shape index (κ1) is 12.6. The van der Waals surface area contributed by atoms with Gasteiger partial charge in [-0.15, -0.1) is 0 Å². The Hall–Kier alpha value is -1.43. The van der Waals surface area contributed by atoms with E-state index in [1.54, 1.807) is 0 Å². The zero-order valence-electron chi connectivity index (χ0n) is 8.99. The highest BCUT2D eigenvalue weighted by Crippen LogP contribution is 2.04. The number of benzene rings is 1. The molecule has 1 aromatic carbocycles. The Bertz CT molecular complexity index is 327. The molecule has 0 aromatic heterocycles. The number of rotatable bonds is 5. The molecule has 16 heavy (non-hydrogen) atoms. The molecule has 0 radical (unpaired) electrons. The van der Waals surface area contributed by atoms with E-state index in [1.807, 2.05) is 30.3 Å². The second-order valence-corrected chi connectivity index (χ2v) is 3.48. The first-order valence-electron chi connectivity index (χ1n) is 4.99. The van der Waals surface area contributed by atoms with Crippen molar-refractivity contribution in [2.75, 3.05) is 5.43 Å². The summed E-state index contributed by atoms with van der Waals surface area (Å²) in [6.07, 6.45) is -2.29. The van der Waals surface area contributed by atoms with E-state index in [0.29, 0.717) is 0 Å². The van der Waals surface area contributed by atoms with Crippen LogP contribution in [-0.4, -0.2) is 39.8 Å². The SMILES string of the molecule is C[C@H](O)[C@H](O)[C@H](O)/C=N/Nc1ccccc1. The molecule has 4 N–H and O–H groups in total. The van der Waals surface area contributed by atoms with E-state index >= 15 is 0 Å². The van der Waals surface area contributed by atoms with Gasteiger partial charge in [-0.1, -0.05) is 18.2 Å². The van der Waals surface area contributed by atoms with E-state index in [2.05, 4.69) is 10.5 Å². The predicted molar refractivity (Wildman–Crippen MR) is 62.3 cm³/mol. The Labute approximate surface area is 94.1 Å². The molecule has 5 nitrogen and oxygen atoms in total. The number of aliphatic hydroxyl groups excluding tert-OH is 3. The third-order valence-corrected chi connectivity index (χ3v) is 2.04. The van der Waals surface area contributed by atoms with Gasteiger partial charge in [-0.25, -0.2) is 0 Å². The zero-order chi connectivity index (χ0) is 12.0. The Kier molecular flexibility index (Phi) is 4.91. The van der Waals surface area contributed by atoms with E-state index in [-0.39, 0.29) is 0 Å². The van der Waals surface area contributed by atoms with Crippen LogP contribution in [0.15, 0.2) is 35.4 Å². The maximum Gasteiger partial charge on any atom is 0.119 e. The van der Waals surface area contributed by atoms with Gasteiger partial charge in [0.15, 0.2) is 0 Å². The first-order valence-corrected chi connectivity index (χ1v) is 4.99. The summed E-state index contributed by atoms with van der Waals surface area (Å²) in [5.74, 6) is 0. The standard InChI is InChI=1S/C11H16N2O3/c1-8(14)11(16)10(15)7-12-13-9-5-3-2-4-6-9/h2-8,10-11,13-16H,1H3/b12-7+/t8-,10+,11-/m0/s1. The predicted octanol–water partition coefficient (Wildman–Crippen LogP) is 0.187. The van der Waals surface area contributed by atoms with E-state index in [0.717, 1.165) is 11.9 Å². The van der Waals surface area contributed by atoms with Crippen molar-refractivity contribution in [3.63, 3.8) is 0 Å². The minimum absolute atomic E-state index is 0.775. The largest absolute Gasteiger partial charge is 0.391 e. The van der Waals surface area contributed by atoms with Crippen LogP contribution in [0.2, 0.25) is 0 Å². The lowest BCUT2D eigenvalue weighted by Crippen LogP contribution is -2.36. The Balaban J connectivity index is 2.43. The van der Waals surface area contributed by atoms with Gasteiger partial charge >= 0.3 is 0 Å². The molecule has 0 aliphatic carbocycles. The maximum absolute atomic E-state index is 9.37. The van der Waals surface area contributed by atoms with Crippen molar-refractivity contribution >= 4 is 11.9 Å². The molecule has 0 spiro atoms. The molecule has 0 bridgehead atoms. The summed E-state index contributed by atoms with van der Waals surface area (Å²) < 4.78 is 0. The molecule has 0 fully saturated rings. The third-order valence-electron chi connectivity index (χ3n) is 2.04. The molecular weight excluding hydrogens is 208 g/mol. The fourth-order valence-corrected chi connectivity index (χ4v) is 1.07. The van der Waals surface area contributed by atoms with Crippen LogP contribution in [0.3, 0.4) is 0 Å². The van der Waals surface area contributed by atoms with Crippen LogP contribution in [0.25, 0.3) is 0 Å². The fourth-order valence-electron chi connectivity index (χ4n) is 1.07. The van der Waals surface area contributed by atoms with E-state index < -0.39 is 18.3 Å². The molecule has 0 aliphatic heterocycles. The number of nitrogens with one attached hydrogen (secondary N) is 1. The van der Waals surface area contributed by atoms with Crippen LogP contribution in [-0.2, 0) is 0 Å². The molecule has 3 atom stereocenters. The number of para-hydroxylation sites is 1. The average molecular weight is 224 g/mol. The Morgan fingerprint density at radius 1 is 1.19 bits per heavy atom. The number of nitrogens with zero attached hydrogens (tertiary/aromatic N) is 1. The highest BCUT2D eigenvalue weighted by atomic mass is 16.4. The lowest BCUT2D eigenvalue weighted by Gasteiger charge is -2.16. The highest BCUT2D eigenvalue weighted by molar-refractivity contribution is 5.65. The molecule has 88 valence electrons. The molecule has 0 unspecified atom stereocenters. The third kappa shape index (κ3) is 3.98. The van der Waals surface area contributed by atoms with E-state index in [1.165, 1.54) is 6.92 Å². The summed E-state index contributed by atoms with van der Waals surface area (Å²) >= 11 is 0. The second kappa shape index (κ2) is 6.22. The van der Waals surface area contributed by atoms with Crippen LogP contribution in [0.4, 0.5) is 5.69 Å². The maximum atomic E-state index is 9.37. The first-order chi connectivity index (χ1) is 7.61. The minimum atomic E-state index is -1.23. The quantitative estimate of drug-likeness (QED) is 0.425. The van der Waals surface area contributed by atoms with Gasteiger partial charge in [0.05, 0.1) is 18.0 Å². The molecule has 0 heterocycles. The zero-order valence-corrected chi connectivity index (χ0v) is 8.99. The van der Waals surface area contributed by atoms with Gasteiger partial charge in [0.1, 0.15) is 12.2 Å². The van der Waals surface area contributed by atoms with Crippen LogP contribution < -0.4 is 5.43 Å². The van der Waals surface area contributed by atoms with E-state index in [9.17, 15) is 10.2 Å². The van der Waals surface area contributed by atoms with Gasteiger partial charge in [0.25, 0.3) is 0 Å². The summed E-state index contributed by atoms with van der Waals surface area (Å²) in [5, 5.41) is 31.4. The fraction of sp³-hybridized carbons (Fsp3) is 0.364.